The summed E-state index contributed by atoms with van der Waals surface area (Å²) in [7, 11) is 0. The minimum absolute atomic E-state index is 0.147. The molecule has 3 nitrogen and oxygen atoms in total. The third-order valence-electron chi connectivity index (χ3n) is 13.0. The van der Waals surface area contributed by atoms with Gasteiger partial charge in [-0.2, -0.15) is 0 Å². The van der Waals surface area contributed by atoms with E-state index < -0.39 is 0 Å². The zero-order valence-electron chi connectivity index (χ0n) is 33.5. The van der Waals surface area contributed by atoms with Crippen molar-refractivity contribution >= 4 is 34.1 Å². The van der Waals surface area contributed by atoms with Gasteiger partial charge in [0, 0.05) is 27.6 Å². The second-order valence-electron chi connectivity index (χ2n) is 17.0. The van der Waals surface area contributed by atoms with Crippen molar-refractivity contribution in [3.63, 3.8) is 0 Å². The van der Waals surface area contributed by atoms with E-state index >= 15 is 0 Å². The van der Waals surface area contributed by atoms with Crippen LogP contribution in [0.4, 0.5) is 34.1 Å². The van der Waals surface area contributed by atoms with Crippen molar-refractivity contribution < 1.29 is 4.74 Å². The molecule has 3 aliphatic rings. The predicted octanol–water partition coefficient (Wildman–Crippen LogP) is 15.3. The van der Waals surface area contributed by atoms with E-state index in [1.165, 1.54) is 61.3 Å². The van der Waals surface area contributed by atoms with Crippen molar-refractivity contribution in [2.45, 2.75) is 45.4 Å². The summed E-state index contributed by atoms with van der Waals surface area (Å²) < 4.78 is 6.93. The Morgan fingerprint density at radius 1 is 0.448 bits per heavy atom. The van der Waals surface area contributed by atoms with E-state index in [1.807, 2.05) is 0 Å². The topological polar surface area (TPSA) is 15.7 Å². The van der Waals surface area contributed by atoms with Gasteiger partial charge in [0.05, 0.1) is 28.4 Å². The Balaban J connectivity index is 1.17. The minimum atomic E-state index is -0.286. The van der Waals surface area contributed by atoms with Crippen LogP contribution in [0.2, 0.25) is 0 Å². The molecule has 8 aromatic carbocycles. The molecule has 0 saturated heterocycles. The van der Waals surface area contributed by atoms with Gasteiger partial charge in [-0.1, -0.05) is 161 Å². The first-order valence-electron chi connectivity index (χ1n) is 20.4. The maximum atomic E-state index is 6.93. The fourth-order valence-corrected chi connectivity index (χ4v) is 10.2. The first-order valence-corrected chi connectivity index (χ1v) is 20.4. The molecular formula is C55H44N2O. The maximum absolute atomic E-state index is 6.93. The van der Waals surface area contributed by atoms with Crippen molar-refractivity contribution in [3.8, 4) is 44.9 Å². The highest BCUT2D eigenvalue weighted by molar-refractivity contribution is 6.00. The van der Waals surface area contributed by atoms with Crippen molar-refractivity contribution in [2.24, 2.45) is 0 Å². The molecule has 280 valence electrons. The molecule has 0 N–H and O–H groups in total. The van der Waals surface area contributed by atoms with Gasteiger partial charge < -0.3 is 14.5 Å². The van der Waals surface area contributed by atoms with Crippen molar-refractivity contribution in [2.75, 3.05) is 9.80 Å². The van der Waals surface area contributed by atoms with Crippen molar-refractivity contribution in [1.82, 2.24) is 0 Å². The minimum Gasteiger partial charge on any atom is -0.453 e. The molecule has 2 heterocycles. The molecule has 8 aromatic rings. The molecule has 0 radical (unpaired) electrons. The highest BCUT2D eigenvalue weighted by Gasteiger charge is 2.44. The molecule has 0 fully saturated rings. The zero-order valence-corrected chi connectivity index (χ0v) is 33.5. The molecule has 1 aliphatic carbocycles. The lowest BCUT2D eigenvalue weighted by atomic mass is 9.70. The summed E-state index contributed by atoms with van der Waals surface area (Å²) >= 11 is 0. The number of para-hydroxylation sites is 2. The van der Waals surface area contributed by atoms with E-state index in [-0.39, 0.29) is 10.8 Å². The van der Waals surface area contributed by atoms with Crippen LogP contribution >= 0.6 is 0 Å². The molecule has 0 unspecified atom stereocenters. The summed E-state index contributed by atoms with van der Waals surface area (Å²) in [5, 5.41) is 0. The second-order valence-corrected chi connectivity index (χ2v) is 17.0. The highest BCUT2D eigenvalue weighted by atomic mass is 16.5. The van der Waals surface area contributed by atoms with E-state index in [4.69, 9.17) is 4.74 Å². The van der Waals surface area contributed by atoms with Gasteiger partial charge in [0.2, 0.25) is 0 Å². The van der Waals surface area contributed by atoms with Crippen LogP contribution in [0.5, 0.6) is 11.5 Å². The van der Waals surface area contributed by atoms with E-state index in [2.05, 4.69) is 220 Å². The van der Waals surface area contributed by atoms with E-state index in [1.54, 1.807) is 0 Å². The van der Waals surface area contributed by atoms with Crippen molar-refractivity contribution in [1.29, 1.82) is 0 Å². The Morgan fingerprint density at radius 3 is 1.83 bits per heavy atom. The fraction of sp³-hybridized carbons (Fsp3) is 0.127. The van der Waals surface area contributed by atoms with E-state index in [0.29, 0.717) is 0 Å². The lowest BCUT2D eigenvalue weighted by Gasteiger charge is -2.46. The Labute approximate surface area is 341 Å². The molecule has 58 heavy (non-hydrogen) atoms. The number of ether oxygens (including phenoxy) is 1. The lowest BCUT2D eigenvalue weighted by molar-refractivity contribution is 0.471. The normalized spacial score (nSPS) is 14.7. The van der Waals surface area contributed by atoms with Crippen LogP contribution in [0.1, 0.15) is 55.5 Å². The molecule has 0 aromatic heterocycles. The van der Waals surface area contributed by atoms with Crippen LogP contribution in [0.3, 0.4) is 0 Å². The SMILES string of the molecule is Cc1c(N(c2ccc3c(c2)C(C)(C)c2ccccc2-3)c2ccccc2-c2ccccc2)ccc2c1N1c3cccc(-c4ccccc4)c3C(C)(C)c3cccc(c31)O2. The molecule has 0 atom stereocenters. The monoisotopic (exact) mass is 748 g/mol. The Bertz CT molecular complexity index is 2940. The van der Waals surface area contributed by atoms with Crippen LogP contribution in [0.15, 0.2) is 176 Å². The lowest BCUT2D eigenvalue weighted by Crippen LogP contribution is -2.33. The number of hydrogen-bond donors (Lipinski definition) is 0. The standard InChI is InChI=1S/C55H44N2O/c1-35-46(32-33-50-52(35)57-48-28-16-24-40(37-20-10-7-11-21-37)51(48)55(4,5)44-26-17-29-49(58-50)53(44)57)56(47-27-15-13-22-39(47)36-18-8-6-9-19-36)38-30-31-42-41-23-12-14-25-43(41)54(2,3)45(42)34-38/h6-34H,1-5H3. The van der Waals surface area contributed by atoms with Crippen molar-refractivity contribution in [3.05, 3.63) is 204 Å². The highest BCUT2D eigenvalue weighted by Crippen LogP contribution is 2.63. The zero-order chi connectivity index (χ0) is 39.3. The molecule has 0 spiro atoms. The number of anilines is 6. The average Bonchev–Trinajstić information content (AvgIpc) is 3.49. The second kappa shape index (κ2) is 12.6. The van der Waals surface area contributed by atoms with Crippen LogP contribution in [-0.2, 0) is 10.8 Å². The Hall–Kier alpha value is -6.84. The van der Waals surface area contributed by atoms with E-state index in [9.17, 15) is 0 Å². The Kier molecular flexibility index (Phi) is 7.46. The number of hydrogen-bond acceptors (Lipinski definition) is 3. The number of nitrogens with zero attached hydrogens (tertiary/aromatic N) is 2. The van der Waals surface area contributed by atoms with Gasteiger partial charge in [0.15, 0.2) is 11.5 Å². The summed E-state index contributed by atoms with van der Waals surface area (Å²) in [6.07, 6.45) is 0. The molecule has 0 bridgehead atoms. The van der Waals surface area contributed by atoms with Crippen LogP contribution in [-0.4, -0.2) is 0 Å². The van der Waals surface area contributed by atoms with E-state index in [0.717, 1.165) is 45.5 Å². The maximum Gasteiger partial charge on any atom is 0.151 e. The summed E-state index contributed by atoms with van der Waals surface area (Å²) in [6.45, 7) is 11.7. The first-order chi connectivity index (χ1) is 28.2. The largest absolute Gasteiger partial charge is 0.453 e. The van der Waals surface area contributed by atoms with Gasteiger partial charge >= 0.3 is 0 Å². The van der Waals surface area contributed by atoms with Gasteiger partial charge in [-0.15, -0.1) is 0 Å². The third-order valence-corrected chi connectivity index (χ3v) is 13.0. The quantitative estimate of drug-likeness (QED) is 0.174. The molecule has 0 amide bonds. The molecular weight excluding hydrogens is 705 g/mol. The molecule has 11 rings (SSSR count). The predicted molar refractivity (Wildman–Crippen MR) is 241 cm³/mol. The van der Waals surface area contributed by atoms with Gasteiger partial charge in [-0.25, -0.2) is 0 Å². The Morgan fingerprint density at radius 2 is 1.05 bits per heavy atom. The molecule has 3 heteroatoms. The molecule has 0 saturated carbocycles. The van der Waals surface area contributed by atoms with Gasteiger partial charge in [-0.05, 0) is 99.5 Å². The van der Waals surface area contributed by atoms with Gasteiger partial charge in [0.1, 0.15) is 0 Å². The fourth-order valence-electron chi connectivity index (χ4n) is 10.2. The number of fused-ring (bicyclic) bond motifs is 7. The summed E-state index contributed by atoms with van der Waals surface area (Å²) in [6, 6.07) is 64.2. The smallest absolute Gasteiger partial charge is 0.151 e. The van der Waals surface area contributed by atoms with Crippen LogP contribution in [0, 0.1) is 6.92 Å². The van der Waals surface area contributed by atoms with Crippen LogP contribution in [0.25, 0.3) is 33.4 Å². The molecule has 2 aliphatic heterocycles. The summed E-state index contributed by atoms with van der Waals surface area (Å²) in [5.74, 6) is 1.73. The summed E-state index contributed by atoms with van der Waals surface area (Å²) in [4.78, 5) is 4.98. The third kappa shape index (κ3) is 4.86. The van der Waals surface area contributed by atoms with Gasteiger partial charge in [-0.3, -0.25) is 0 Å². The summed E-state index contributed by atoms with van der Waals surface area (Å²) in [5.41, 5.74) is 20.1. The number of benzene rings is 8. The van der Waals surface area contributed by atoms with Crippen LogP contribution < -0.4 is 14.5 Å². The average molecular weight is 749 g/mol. The number of rotatable bonds is 5. The first kappa shape index (κ1) is 34.4. The van der Waals surface area contributed by atoms with Gasteiger partial charge in [0.25, 0.3) is 0 Å².